The number of guanidine groups is 1. The van der Waals surface area contributed by atoms with Gasteiger partial charge in [-0.25, -0.2) is 0 Å². The highest BCUT2D eigenvalue weighted by Gasteiger charge is 2.08. The molecule has 3 aromatic rings. The Balaban J connectivity index is 0.00000300. The predicted molar refractivity (Wildman–Crippen MR) is 129 cm³/mol. The van der Waals surface area contributed by atoms with Crippen LogP contribution < -0.4 is 10.6 Å². The summed E-state index contributed by atoms with van der Waals surface area (Å²) in [5.41, 5.74) is 2.73. The molecule has 7 heteroatoms. The molecular weight excluding hydrogens is 477 g/mol. The minimum Gasteiger partial charge on any atom is -0.352 e. The molecular formula is C22H26IN5O. The van der Waals surface area contributed by atoms with Crippen LogP contribution in [0.1, 0.15) is 21.6 Å². The summed E-state index contributed by atoms with van der Waals surface area (Å²) >= 11 is 0. The van der Waals surface area contributed by atoms with Crippen LogP contribution in [0, 0.1) is 0 Å². The third-order valence-corrected chi connectivity index (χ3v) is 4.47. The number of nitrogens with zero attached hydrogens (tertiary/aromatic N) is 3. The van der Waals surface area contributed by atoms with Crippen LogP contribution in [0.15, 0.2) is 65.8 Å². The Labute approximate surface area is 188 Å². The van der Waals surface area contributed by atoms with Gasteiger partial charge in [0.25, 0.3) is 5.91 Å². The molecule has 152 valence electrons. The van der Waals surface area contributed by atoms with Crippen LogP contribution in [0.2, 0.25) is 0 Å². The van der Waals surface area contributed by atoms with Crippen molar-refractivity contribution >= 4 is 46.6 Å². The summed E-state index contributed by atoms with van der Waals surface area (Å²) < 4.78 is 0. The van der Waals surface area contributed by atoms with Gasteiger partial charge in [0.05, 0.1) is 12.2 Å². The number of pyridine rings is 1. The highest BCUT2D eigenvalue weighted by Crippen LogP contribution is 2.15. The highest BCUT2D eigenvalue weighted by atomic mass is 127. The van der Waals surface area contributed by atoms with Gasteiger partial charge in [0.2, 0.25) is 0 Å². The van der Waals surface area contributed by atoms with Crippen molar-refractivity contribution in [2.24, 2.45) is 4.99 Å². The van der Waals surface area contributed by atoms with E-state index in [2.05, 4.69) is 32.7 Å². The minimum absolute atomic E-state index is 0. The summed E-state index contributed by atoms with van der Waals surface area (Å²) in [5.74, 6) is 0.697. The number of benzene rings is 2. The molecule has 0 saturated heterocycles. The maximum absolute atomic E-state index is 12.0. The van der Waals surface area contributed by atoms with Gasteiger partial charge in [-0.15, -0.1) is 24.0 Å². The standard InChI is InChI=1S/C22H25N5O.HI/c1-23-22(25-14-16-8-10-18(11-9-16)21(28)27(2)3)26-15-20-19-7-5-4-6-17(19)12-13-24-20;/h4-13H,14-15H2,1-3H3,(H2,23,25,26);1H. The number of carbonyl (C=O) groups is 1. The Morgan fingerprint density at radius 1 is 1.00 bits per heavy atom. The van der Waals surface area contributed by atoms with Gasteiger partial charge in [-0.2, -0.15) is 0 Å². The quantitative estimate of drug-likeness (QED) is 0.318. The Bertz CT molecular complexity index is 981. The third kappa shape index (κ3) is 5.90. The van der Waals surface area contributed by atoms with Crippen molar-refractivity contribution in [3.05, 3.63) is 77.6 Å². The summed E-state index contributed by atoms with van der Waals surface area (Å²) in [4.78, 5) is 22.3. The maximum atomic E-state index is 12.0. The first kappa shape index (κ1) is 22.6. The average molecular weight is 503 g/mol. The van der Waals surface area contributed by atoms with Crippen LogP contribution in [0.5, 0.6) is 0 Å². The molecule has 0 atom stereocenters. The second kappa shape index (κ2) is 10.8. The second-order valence-corrected chi connectivity index (χ2v) is 6.65. The van der Waals surface area contributed by atoms with Crippen molar-refractivity contribution in [1.29, 1.82) is 0 Å². The highest BCUT2D eigenvalue weighted by molar-refractivity contribution is 14.0. The summed E-state index contributed by atoms with van der Waals surface area (Å²) in [6, 6.07) is 17.8. The van der Waals surface area contributed by atoms with Crippen molar-refractivity contribution in [2.75, 3.05) is 21.1 Å². The fourth-order valence-electron chi connectivity index (χ4n) is 2.92. The molecule has 3 rings (SSSR count). The SMILES string of the molecule is CN=C(NCc1ccc(C(=O)N(C)C)cc1)NCc1nccc2ccccc12.I. The number of amides is 1. The molecule has 0 radical (unpaired) electrons. The maximum Gasteiger partial charge on any atom is 0.253 e. The van der Waals surface area contributed by atoms with E-state index in [4.69, 9.17) is 0 Å². The lowest BCUT2D eigenvalue weighted by molar-refractivity contribution is 0.0827. The fourth-order valence-corrected chi connectivity index (χ4v) is 2.92. The zero-order chi connectivity index (χ0) is 19.9. The first-order valence-corrected chi connectivity index (χ1v) is 9.16. The lowest BCUT2D eigenvalue weighted by Crippen LogP contribution is -2.36. The molecule has 0 aliphatic carbocycles. The first-order chi connectivity index (χ1) is 13.6. The summed E-state index contributed by atoms with van der Waals surface area (Å²) in [6.07, 6.45) is 1.83. The molecule has 1 amide bonds. The van der Waals surface area contributed by atoms with Crippen LogP contribution >= 0.6 is 24.0 Å². The number of hydrogen-bond acceptors (Lipinski definition) is 3. The van der Waals surface area contributed by atoms with E-state index in [9.17, 15) is 4.79 Å². The molecule has 0 bridgehead atoms. The zero-order valence-corrected chi connectivity index (χ0v) is 19.2. The third-order valence-electron chi connectivity index (χ3n) is 4.47. The summed E-state index contributed by atoms with van der Waals surface area (Å²) in [5, 5.41) is 8.90. The average Bonchev–Trinajstić information content (AvgIpc) is 2.73. The molecule has 1 heterocycles. The topological polar surface area (TPSA) is 69.6 Å². The molecule has 0 aliphatic rings. The van der Waals surface area contributed by atoms with Crippen LogP contribution in [0.3, 0.4) is 0 Å². The van der Waals surface area contributed by atoms with E-state index in [-0.39, 0.29) is 29.9 Å². The lowest BCUT2D eigenvalue weighted by atomic mass is 10.1. The number of nitrogens with one attached hydrogen (secondary N) is 2. The van der Waals surface area contributed by atoms with Gasteiger partial charge in [0, 0.05) is 44.8 Å². The Hall–Kier alpha value is -2.68. The monoisotopic (exact) mass is 503 g/mol. The van der Waals surface area contributed by atoms with Gasteiger partial charge >= 0.3 is 0 Å². The number of hydrogen-bond donors (Lipinski definition) is 2. The van der Waals surface area contributed by atoms with E-state index in [1.165, 1.54) is 5.39 Å². The van der Waals surface area contributed by atoms with Gasteiger partial charge in [0.15, 0.2) is 5.96 Å². The number of aliphatic imine (C=N–C) groups is 1. The van der Waals surface area contributed by atoms with Crippen LogP contribution in [-0.2, 0) is 13.1 Å². The molecule has 0 spiro atoms. The predicted octanol–water partition coefficient (Wildman–Crippen LogP) is 3.42. The fraction of sp³-hybridized carbons (Fsp3) is 0.227. The van der Waals surface area contributed by atoms with Crippen LogP contribution in [0.4, 0.5) is 0 Å². The van der Waals surface area contributed by atoms with Gasteiger partial charge < -0.3 is 15.5 Å². The van der Waals surface area contributed by atoms with E-state index in [1.54, 1.807) is 26.0 Å². The van der Waals surface area contributed by atoms with E-state index >= 15 is 0 Å². The summed E-state index contributed by atoms with van der Waals surface area (Å²) in [7, 11) is 5.24. The number of aromatic nitrogens is 1. The van der Waals surface area contributed by atoms with Crippen molar-refractivity contribution in [1.82, 2.24) is 20.5 Å². The molecule has 29 heavy (non-hydrogen) atoms. The largest absolute Gasteiger partial charge is 0.352 e. The van der Waals surface area contributed by atoms with E-state index in [0.717, 1.165) is 16.6 Å². The van der Waals surface area contributed by atoms with Crippen molar-refractivity contribution in [2.45, 2.75) is 13.1 Å². The van der Waals surface area contributed by atoms with Crippen LogP contribution in [-0.4, -0.2) is 42.9 Å². The van der Waals surface area contributed by atoms with Gasteiger partial charge in [-0.3, -0.25) is 14.8 Å². The smallest absolute Gasteiger partial charge is 0.253 e. The lowest BCUT2D eigenvalue weighted by Gasteiger charge is -2.13. The Kier molecular flexibility index (Phi) is 8.38. The number of fused-ring (bicyclic) bond motifs is 1. The molecule has 2 N–H and O–H groups in total. The molecule has 0 fully saturated rings. The molecule has 6 nitrogen and oxygen atoms in total. The molecule has 2 aromatic carbocycles. The van der Waals surface area contributed by atoms with Crippen molar-refractivity contribution < 1.29 is 4.79 Å². The van der Waals surface area contributed by atoms with E-state index < -0.39 is 0 Å². The van der Waals surface area contributed by atoms with Crippen molar-refractivity contribution in [3.8, 4) is 0 Å². The normalized spacial score (nSPS) is 10.9. The van der Waals surface area contributed by atoms with Crippen molar-refractivity contribution in [3.63, 3.8) is 0 Å². The first-order valence-electron chi connectivity index (χ1n) is 9.16. The Morgan fingerprint density at radius 2 is 1.69 bits per heavy atom. The Morgan fingerprint density at radius 3 is 2.38 bits per heavy atom. The molecule has 0 saturated carbocycles. The molecule has 1 aromatic heterocycles. The van der Waals surface area contributed by atoms with Gasteiger partial charge in [0.1, 0.15) is 0 Å². The zero-order valence-electron chi connectivity index (χ0n) is 16.8. The van der Waals surface area contributed by atoms with Gasteiger partial charge in [-0.1, -0.05) is 36.4 Å². The van der Waals surface area contributed by atoms with Crippen LogP contribution in [0.25, 0.3) is 10.8 Å². The number of halogens is 1. The summed E-state index contributed by atoms with van der Waals surface area (Å²) in [6.45, 7) is 1.19. The minimum atomic E-state index is -0.000395. The molecule has 0 aliphatic heterocycles. The number of carbonyl (C=O) groups excluding carboxylic acids is 1. The van der Waals surface area contributed by atoms with E-state index in [0.29, 0.717) is 24.6 Å². The van der Waals surface area contributed by atoms with E-state index in [1.807, 2.05) is 48.7 Å². The number of rotatable bonds is 5. The second-order valence-electron chi connectivity index (χ2n) is 6.65. The van der Waals surface area contributed by atoms with Gasteiger partial charge in [-0.05, 0) is 29.1 Å². The molecule has 0 unspecified atom stereocenters.